The second-order valence-corrected chi connectivity index (χ2v) is 6.90. The van der Waals surface area contributed by atoms with Crippen molar-refractivity contribution < 1.29 is 9.47 Å². The number of fused-ring (bicyclic) bond motifs is 2. The molecule has 1 saturated heterocycles. The summed E-state index contributed by atoms with van der Waals surface area (Å²) in [5.41, 5.74) is 1.19. The van der Waals surface area contributed by atoms with Gasteiger partial charge < -0.3 is 9.47 Å². The van der Waals surface area contributed by atoms with Crippen LogP contribution >= 0.6 is 22.6 Å². The third-order valence-corrected chi connectivity index (χ3v) is 5.78. The van der Waals surface area contributed by atoms with Gasteiger partial charge in [0.15, 0.2) is 0 Å². The number of hydrogen-bond donors (Lipinski definition) is 0. The molecule has 0 spiro atoms. The highest BCUT2D eigenvalue weighted by atomic mass is 127. The Kier molecular flexibility index (Phi) is 4.15. The van der Waals surface area contributed by atoms with Crippen LogP contribution in [0.2, 0.25) is 0 Å². The number of hydrogen-bond acceptors (Lipinski definition) is 2. The summed E-state index contributed by atoms with van der Waals surface area (Å²) in [6, 6.07) is 10.4. The molecule has 104 valence electrons. The first kappa shape index (κ1) is 13.8. The summed E-state index contributed by atoms with van der Waals surface area (Å²) in [6.07, 6.45) is 2.56. The first-order valence-corrected chi connectivity index (χ1v) is 8.59. The van der Waals surface area contributed by atoms with Gasteiger partial charge in [-0.15, -0.1) is 0 Å². The van der Waals surface area contributed by atoms with E-state index in [0.29, 0.717) is 6.61 Å². The molecule has 1 saturated carbocycles. The van der Waals surface area contributed by atoms with Gasteiger partial charge in [-0.3, -0.25) is 0 Å². The van der Waals surface area contributed by atoms with E-state index in [0.717, 1.165) is 24.9 Å². The zero-order valence-corrected chi connectivity index (χ0v) is 13.5. The zero-order valence-electron chi connectivity index (χ0n) is 11.3. The van der Waals surface area contributed by atoms with E-state index in [9.17, 15) is 0 Å². The van der Waals surface area contributed by atoms with E-state index in [4.69, 9.17) is 9.47 Å². The van der Waals surface area contributed by atoms with Gasteiger partial charge in [0.05, 0.1) is 24.9 Å². The van der Waals surface area contributed by atoms with Gasteiger partial charge >= 0.3 is 0 Å². The van der Waals surface area contributed by atoms with E-state index in [1.165, 1.54) is 16.4 Å². The number of rotatable bonds is 4. The van der Waals surface area contributed by atoms with E-state index in [-0.39, 0.29) is 11.7 Å². The van der Waals surface area contributed by atoms with Crippen LogP contribution in [0.15, 0.2) is 30.3 Å². The van der Waals surface area contributed by atoms with E-state index >= 15 is 0 Å². The fraction of sp³-hybridized carbons (Fsp3) is 0.625. The van der Waals surface area contributed by atoms with E-state index < -0.39 is 0 Å². The molecule has 1 aromatic carbocycles. The molecule has 19 heavy (non-hydrogen) atoms. The van der Waals surface area contributed by atoms with Gasteiger partial charge in [-0.05, 0) is 37.2 Å². The lowest BCUT2D eigenvalue weighted by Gasteiger charge is -2.39. The number of alkyl halides is 1. The van der Waals surface area contributed by atoms with Crippen LogP contribution in [0.1, 0.15) is 25.3 Å². The van der Waals surface area contributed by atoms with E-state index in [1.807, 2.05) is 6.07 Å². The Hall–Kier alpha value is -0.130. The van der Waals surface area contributed by atoms with Crippen LogP contribution in [-0.2, 0) is 16.1 Å². The van der Waals surface area contributed by atoms with Crippen LogP contribution in [0.25, 0.3) is 0 Å². The summed E-state index contributed by atoms with van der Waals surface area (Å²) in [4.78, 5) is 0. The molecule has 1 aliphatic heterocycles. The highest BCUT2D eigenvalue weighted by Gasteiger charge is 2.50. The van der Waals surface area contributed by atoms with Crippen molar-refractivity contribution in [1.82, 2.24) is 0 Å². The first-order chi connectivity index (χ1) is 9.21. The minimum Gasteiger partial charge on any atom is -0.372 e. The predicted octanol–water partition coefficient (Wildman–Crippen LogP) is 3.82. The summed E-state index contributed by atoms with van der Waals surface area (Å²) in [7, 11) is 0. The summed E-state index contributed by atoms with van der Waals surface area (Å²) >= 11 is 2.51. The predicted molar refractivity (Wildman–Crippen MR) is 84.5 cm³/mol. The standard InChI is InChI=1S/C16H21IO2/c1-16-8-14(11-19-16)13(9-17)7-15(16)18-10-12-5-3-2-4-6-12/h2-6,13-15H,7-11H2,1H3. The molecule has 4 unspecified atom stereocenters. The van der Waals surface area contributed by atoms with Gasteiger partial charge in [0.2, 0.25) is 0 Å². The Morgan fingerprint density at radius 1 is 1.37 bits per heavy atom. The Bertz CT molecular complexity index is 422. The molecule has 1 aliphatic carbocycles. The molecule has 1 aromatic rings. The molecule has 0 N–H and O–H groups in total. The molecular weight excluding hydrogens is 351 g/mol. The highest BCUT2D eigenvalue weighted by Crippen LogP contribution is 2.46. The van der Waals surface area contributed by atoms with Crippen LogP contribution in [0.4, 0.5) is 0 Å². The normalized spacial score (nSPS) is 37.5. The van der Waals surface area contributed by atoms with Crippen molar-refractivity contribution in [2.45, 2.75) is 38.1 Å². The van der Waals surface area contributed by atoms with Crippen molar-refractivity contribution in [3.63, 3.8) is 0 Å². The lowest BCUT2D eigenvalue weighted by Crippen LogP contribution is -2.45. The molecule has 0 amide bonds. The van der Waals surface area contributed by atoms with Crippen molar-refractivity contribution in [2.75, 3.05) is 11.0 Å². The summed E-state index contributed by atoms with van der Waals surface area (Å²) in [5.74, 6) is 1.51. The van der Waals surface area contributed by atoms with E-state index in [1.54, 1.807) is 0 Å². The maximum Gasteiger partial charge on any atom is 0.0918 e. The number of benzene rings is 1. The summed E-state index contributed by atoms with van der Waals surface area (Å²) in [5, 5.41) is 0. The lowest BCUT2D eigenvalue weighted by atomic mass is 9.74. The van der Waals surface area contributed by atoms with Crippen molar-refractivity contribution >= 4 is 22.6 Å². The van der Waals surface area contributed by atoms with E-state index in [2.05, 4.69) is 53.8 Å². The number of halogens is 1. The molecule has 0 aromatic heterocycles. The van der Waals surface area contributed by atoms with Crippen LogP contribution in [0.5, 0.6) is 0 Å². The second kappa shape index (κ2) is 5.70. The van der Waals surface area contributed by atoms with Crippen LogP contribution in [0.3, 0.4) is 0 Å². The molecule has 0 radical (unpaired) electrons. The minimum absolute atomic E-state index is 0.0538. The highest BCUT2D eigenvalue weighted by molar-refractivity contribution is 14.1. The van der Waals surface area contributed by atoms with Crippen LogP contribution in [0, 0.1) is 11.8 Å². The number of ether oxygens (including phenoxy) is 2. The second-order valence-electron chi connectivity index (χ2n) is 6.02. The molecule has 3 heteroatoms. The van der Waals surface area contributed by atoms with Gasteiger partial charge in [0, 0.05) is 4.43 Å². The molecule has 2 fully saturated rings. The van der Waals surface area contributed by atoms with Gasteiger partial charge in [-0.25, -0.2) is 0 Å². The van der Waals surface area contributed by atoms with Crippen molar-refractivity contribution in [3.8, 4) is 0 Å². The topological polar surface area (TPSA) is 18.5 Å². The van der Waals surface area contributed by atoms with Gasteiger partial charge in [-0.2, -0.15) is 0 Å². The molecule has 2 aliphatic rings. The smallest absolute Gasteiger partial charge is 0.0918 e. The first-order valence-electron chi connectivity index (χ1n) is 7.07. The molecule has 3 rings (SSSR count). The summed E-state index contributed by atoms with van der Waals surface area (Å²) in [6.45, 7) is 3.85. The van der Waals surface area contributed by atoms with Gasteiger partial charge in [-0.1, -0.05) is 52.9 Å². The average molecular weight is 372 g/mol. The van der Waals surface area contributed by atoms with Crippen molar-refractivity contribution in [3.05, 3.63) is 35.9 Å². The van der Waals surface area contributed by atoms with Gasteiger partial charge in [0.1, 0.15) is 0 Å². The van der Waals surface area contributed by atoms with Crippen LogP contribution in [-0.4, -0.2) is 22.7 Å². The van der Waals surface area contributed by atoms with Crippen molar-refractivity contribution in [1.29, 1.82) is 0 Å². The third-order valence-electron chi connectivity index (χ3n) is 4.65. The molecule has 2 nitrogen and oxygen atoms in total. The third kappa shape index (κ3) is 2.83. The quantitative estimate of drug-likeness (QED) is 0.591. The largest absolute Gasteiger partial charge is 0.372 e. The Morgan fingerprint density at radius 3 is 2.89 bits per heavy atom. The Labute approximate surface area is 129 Å². The van der Waals surface area contributed by atoms with Gasteiger partial charge in [0.25, 0.3) is 0 Å². The van der Waals surface area contributed by atoms with Crippen LogP contribution < -0.4 is 0 Å². The summed E-state index contributed by atoms with van der Waals surface area (Å²) < 4.78 is 13.5. The molecule has 4 atom stereocenters. The Morgan fingerprint density at radius 2 is 2.16 bits per heavy atom. The fourth-order valence-corrected chi connectivity index (χ4v) is 4.46. The molecule has 1 heterocycles. The maximum absolute atomic E-state index is 6.21. The lowest BCUT2D eigenvalue weighted by molar-refractivity contribution is -0.123. The molecular formula is C16H21IO2. The zero-order chi connectivity index (χ0) is 13.3. The van der Waals surface area contributed by atoms with Crippen molar-refractivity contribution in [2.24, 2.45) is 11.8 Å². The monoisotopic (exact) mass is 372 g/mol. The fourth-order valence-electron chi connectivity index (χ4n) is 3.38. The minimum atomic E-state index is -0.0538. The average Bonchev–Trinajstić information content (AvgIpc) is 2.78. The SMILES string of the molecule is CC12CC(CO1)C(CI)CC2OCc1ccccc1. The maximum atomic E-state index is 6.21. The molecule has 2 bridgehead atoms. The Balaban J connectivity index is 1.66.